The summed E-state index contributed by atoms with van der Waals surface area (Å²) in [4.78, 5) is 0. The molecule has 0 amide bonds. The van der Waals surface area contributed by atoms with Gasteiger partial charge in [0.05, 0.1) is 6.10 Å². The summed E-state index contributed by atoms with van der Waals surface area (Å²) in [6.45, 7) is 5.66. The topological polar surface area (TPSA) is 9.23 Å². The predicted octanol–water partition coefficient (Wildman–Crippen LogP) is 7.92. The second kappa shape index (κ2) is 13.2. The van der Waals surface area contributed by atoms with Crippen molar-refractivity contribution in [1.29, 1.82) is 0 Å². The minimum absolute atomic E-state index is 0.590. The van der Waals surface area contributed by atoms with Crippen LogP contribution in [0, 0.1) is 17.8 Å². The normalized spacial score (nSPS) is 30.5. The number of rotatable bonds is 12. The Bertz CT molecular complexity index is 297. The molecule has 0 unspecified atom stereocenters. The van der Waals surface area contributed by atoms with Crippen molar-refractivity contribution in [3.05, 3.63) is 0 Å². The number of hydrogen-bond donors (Lipinski definition) is 0. The molecule has 0 atom stereocenters. The lowest BCUT2D eigenvalue weighted by Gasteiger charge is -2.30. The Morgan fingerprint density at radius 2 is 1.12 bits per heavy atom. The fourth-order valence-corrected chi connectivity index (χ4v) is 5.29. The van der Waals surface area contributed by atoms with E-state index in [9.17, 15) is 0 Å². The standard InChI is InChI=1S/C24H46O/c1-3-5-6-7-10-22-12-14-23(15-13-22)11-8-20-25-24-18-16-21(9-4-2)17-19-24/h21-24H,3-20H2,1-2H3/t21?,22-,23-,24?. The van der Waals surface area contributed by atoms with Crippen LogP contribution in [-0.2, 0) is 4.74 Å². The Morgan fingerprint density at radius 1 is 0.560 bits per heavy atom. The molecule has 0 aromatic heterocycles. The minimum atomic E-state index is 0.590. The van der Waals surface area contributed by atoms with E-state index in [-0.39, 0.29) is 0 Å². The van der Waals surface area contributed by atoms with E-state index in [1.54, 1.807) is 0 Å². The Morgan fingerprint density at radius 3 is 1.72 bits per heavy atom. The molecule has 0 bridgehead atoms. The van der Waals surface area contributed by atoms with Crippen molar-refractivity contribution in [3.63, 3.8) is 0 Å². The number of unbranched alkanes of at least 4 members (excludes halogenated alkanes) is 3. The van der Waals surface area contributed by atoms with Gasteiger partial charge in [-0.25, -0.2) is 0 Å². The van der Waals surface area contributed by atoms with Crippen molar-refractivity contribution in [1.82, 2.24) is 0 Å². The van der Waals surface area contributed by atoms with Crippen LogP contribution in [0.1, 0.15) is 123 Å². The average molecular weight is 351 g/mol. The molecule has 0 spiro atoms. The molecular formula is C24H46O. The smallest absolute Gasteiger partial charge is 0.0575 e. The molecule has 0 N–H and O–H groups in total. The molecule has 1 nitrogen and oxygen atoms in total. The zero-order valence-corrected chi connectivity index (χ0v) is 17.4. The maximum atomic E-state index is 6.20. The molecule has 2 fully saturated rings. The predicted molar refractivity (Wildman–Crippen MR) is 110 cm³/mol. The van der Waals surface area contributed by atoms with E-state index in [0.29, 0.717) is 6.10 Å². The van der Waals surface area contributed by atoms with E-state index in [4.69, 9.17) is 4.74 Å². The van der Waals surface area contributed by atoms with Crippen LogP contribution in [0.2, 0.25) is 0 Å². The monoisotopic (exact) mass is 350 g/mol. The van der Waals surface area contributed by atoms with Crippen LogP contribution in [-0.4, -0.2) is 12.7 Å². The van der Waals surface area contributed by atoms with Gasteiger partial charge in [-0.2, -0.15) is 0 Å². The van der Waals surface area contributed by atoms with Crippen LogP contribution >= 0.6 is 0 Å². The molecule has 0 saturated heterocycles. The lowest BCUT2D eigenvalue weighted by molar-refractivity contribution is 0.0133. The van der Waals surface area contributed by atoms with Crippen LogP contribution in [0.3, 0.4) is 0 Å². The Kier molecular flexibility index (Phi) is 11.2. The fraction of sp³-hybridized carbons (Fsp3) is 1.00. The van der Waals surface area contributed by atoms with Gasteiger partial charge < -0.3 is 4.74 Å². The van der Waals surface area contributed by atoms with Gasteiger partial charge in [0.25, 0.3) is 0 Å². The largest absolute Gasteiger partial charge is 0.378 e. The zero-order chi connectivity index (χ0) is 17.7. The highest BCUT2D eigenvalue weighted by Crippen LogP contribution is 2.34. The highest BCUT2D eigenvalue weighted by molar-refractivity contribution is 4.74. The molecule has 0 aromatic rings. The molecule has 0 aliphatic heterocycles. The first-order valence-electron chi connectivity index (χ1n) is 11.9. The third kappa shape index (κ3) is 8.94. The summed E-state index contributed by atoms with van der Waals surface area (Å²) in [6, 6.07) is 0. The second-order valence-electron chi connectivity index (χ2n) is 9.18. The first-order chi connectivity index (χ1) is 12.3. The van der Waals surface area contributed by atoms with Gasteiger partial charge in [-0.1, -0.05) is 84.5 Å². The Labute approximate surface area is 158 Å². The van der Waals surface area contributed by atoms with Crippen molar-refractivity contribution < 1.29 is 4.74 Å². The molecule has 148 valence electrons. The highest BCUT2D eigenvalue weighted by atomic mass is 16.5. The summed E-state index contributed by atoms with van der Waals surface area (Å²) in [6.07, 6.45) is 24.9. The molecule has 2 rings (SSSR count). The van der Waals surface area contributed by atoms with E-state index in [0.717, 1.165) is 24.4 Å². The first kappa shape index (κ1) is 21.3. The third-order valence-corrected chi connectivity index (χ3v) is 7.03. The average Bonchev–Trinajstić information content (AvgIpc) is 2.65. The Hall–Kier alpha value is -0.0400. The molecule has 2 aliphatic carbocycles. The highest BCUT2D eigenvalue weighted by Gasteiger charge is 2.22. The molecule has 2 aliphatic rings. The molecule has 1 heteroatoms. The summed E-state index contributed by atoms with van der Waals surface area (Å²) in [7, 11) is 0. The molecule has 25 heavy (non-hydrogen) atoms. The molecule has 0 radical (unpaired) electrons. The first-order valence-corrected chi connectivity index (χ1v) is 11.9. The lowest BCUT2D eigenvalue weighted by atomic mass is 9.78. The zero-order valence-electron chi connectivity index (χ0n) is 17.4. The fourth-order valence-electron chi connectivity index (χ4n) is 5.29. The van der Waals surface area contributed by atoms with Crippen molar-refractivity contribution in [2.75, 3.05) is 6.61 Å². The van der Waals surface area contributed by atoms with E-state index in [1.165, 1.54) is 109 Å². The quantitative estimate of drug-likeness (QED) is 0.325. The van der Waals surface area contributed by atoms with E-state index < -0.39 is 0 Å². The van der Waals surface area contributed by atoms with E-state index in [1.807, 2.05) is 0 Å². The van der Waals surface area contributed by atoms with Gasteiger partial charge >= 0.3 is 0 Å². The van der Waals surface area contributed by atoms with Crippen molar-refractivity contribution in [2.45, 2.75) is 129 Å². The second-order valence-corrected chi connectivity index (χ2v) is 9.18. The van der Waals surface area contributed by atoms with E-state index in [2.05, 4.69) is 13.8 Å². The molecular weight excluding hydrogens is 304 g/mol. The summed E-state index contributed by atoms with van der Waals surface area (Å²) in [5.74, 6) is 3.07. The van der Waals surface area contributed by atoms with Gasteiger partial charge in [-0.15, -0.1) is 0 Å². The molecule has 2 saturated carbocycles. The Balaban J connectivity index is 1.43. The van der Waals surface area contributed by atoms with Crippen molar-refractivity contribution >= 4 is 0 Å². The van der Waals surface area contributed by atoms with Gasteiger partial charge in [0.2, 0.25) is 0 Å². The van der Waals surface area contributed by atoms with Gasteiger partial charge in [-0.3, -0.25) is 0 Å². The van der Waals surface area contributed by atoms with Crippen LogP contribution in [0.4, 0.5) is 0 Å². The maximum Gasteiger partial charge on any atom is 0.0575 e. The summed E-state index contributed by atoms with van der Waals surface area (Å²) in [5, 5.41) is 0. The van der Waals surface area contributed by atoms with Gasteiger partial charge in [0.1, 0.15) is 0 Å². The van der Waals surface area contributed by atoms with Gasteiger partial charge in [0, 0.05) is 6.61 Å². The summed E-state index contributed by atoms with van der Waals surface area (Å²) < 4.78 is 6.20. The van der Waals surface area contributed by atoms with Crippen molar-refractivity contribution in [3.8, 4) is 0 Å². The summed E-state index contributed by atoms with van der Waals surface area (Å²) in [5.41, 5.74) is 0. The molecule has 0 aromatic carbocycles. The van der Waals surface area contributed by atoms with Gasteiger partial charge in [0.15, 0.2) is 0 Å². The van der Waals surface area contributed by atoms with Crippen LogP contribution in [0.5, 0.6) is 0 Å². The minimum Gasteiger partial charge on any atom is -0.378 e. The van der Waals surface area contributed by atoms with Crippen LogP contribution in [0.25, 0.3) is 0 Å². The van der Waals surface area contributed by atoms with Crippen LogP contribution < -0.4 is 0 Å². The molecule has 0 heterocycles. The lowest BCUT2D eigenvalue weighted by Crippen LogP contribution is -2.22. The van der Waals surface area contributed by atoms with E-state index >= 15 is 0 Å². The third-order valence-electron chi connectivity index (χ3n) is 7.03. The number of ether oxygens (including phenoxy) is 1. The number of hydrogen-bond acceptors (Lipinski definition) is 1. The SMILES string of the molecule is CCCCCC[C@H]1CC[C@H](CCCOC2CCC(CCC)CC2)CC1. The van der Waals surface area contributed by atoms with Crippen LogP contribution in [0.15, 0.2) is 0 Å². The summed E-state index contributed by atoms with van der Waals surface area (Å²) >= 11 is 0. The maximum absolute atomic E-state index is 6.20. The van der Waals surface area contributed by atoms with Gasteiger partial charge in [-0.05, 0) is 56.3 Å². The van der Waals surface area contributed by atoms with Crippen molar-refractivity contribution in [2.24, 2.45) is 17.8 Å².